The van der Waals surface area contributed by atoms with Gasteiger partial charge < -0.3 is 9.97 Å². The van der Waals surface area contributed by atoms with Gasteiger partial charge in [-0.2, -0.15) is 0 Å². The van der Waals surface area contributed by atoms with Crippen LogP contribution in [-0.2, 0) is 0 Å². The van der Waals surface area contributed by atoms with Crippen LogP contribution in [0.3, 0.4) is 0 Å². The van der Waals surface area contributed by atoms with E-state index in [4.69, 9.17) is 9.97 Å². The Morgan fingerprint density at radius 1 is 0.290 bits per heavy atom. The molecule has 0 amide bonds. The molecule has 0 radical (unpaired) electrons. The number of aromatic nitrogens is 4. The minimum atomic E-state index is -2.37. The molecule has 7 aromatic rings. The smallest absolute Gasteiger partial charge is 0.200 e. The van der Waals surface area contributed by atoms with E-state index in [0.717, 1.165) is 0 Å². The van der Waals surface area contributed by atoms with Crippen LogP contribution in [0, 0.1) is 58.2 Å². The normalized spacial score (nSPS) is 12.2. The molecule has 2 aliphatic heterocycles. The first-order chi connectivity index (χ1) is 29.6. The molecule has 4 aromatic carbocycles. The van der Waals surface area contributed by atoms with Gasteiger partial charge in [0.1, 0.15) is 0 Å². The van der Waals surface area contributed by atoms with E-state index in [0.29, 0.717) is 29.0 Å². The number of H-pyrrole nitrogens is 2. The first kappa shape index (κ1) is 42.0. The predicted octanol–water partition coefficient (Wildman–Crippen LogP) is 15.8. The maximum absolute atomic E-state index is 15.9. The summed E-state index contributed by atoms with van der Waals surface area (Å²) in [5.74, 6) is -22.0. The molecule has 9 rings (SSSR count). The second-order valence-corrected chi connectivity index (χ2v) is 17.0. The standard InChI is InChI=1S/C44H16Br4F10N4/c45-15-3-1-4-16(46)27(15)29-19-7-11-23(59-19)31(33-35(49)39(53)43(57)40(54)36(33)50)25-13-9-21(61-25)30(28-17(47)5-2-6-18(28)48)22-10-14-26(62-22)32(24-12-8-20(29)60-24)34-37(51)41(55)44(58)42(56)38(34)52/h1-14,59,62H. The number of fused-ring (bicyclic) bond motifs is 8. The number of aromatic amines is 2. The summed E-state index contributed by atoms with van der Waals surface area (Å²) in [6.07, 6.45) is 5.39. The Bertz CT molecular complexity index is 3060. The van der Waals surface area contributed by atoms with E-state index in [1.807, 2.05) is 0 Å². The SMILES string of the molecule is Fc1c(F)c(F)c(-c2c3nc(c(-c4c(Br)cccc4Br)c4ccc([nH]4)c(-c4c(F)c(F)c(F)c(F)c4F)c4nc(c(-c5c(Br)cccc5Br)c5ccc2[nH]5)C=C4)C=C3)c(F)c1F. The Morgan fingerprint density at radius 2 is 0.516 bits per heavy atom. The molecular formula is C44H16Br4F10N4. The number of benzene rings is 4. The summed E-state index contributed by atoms with van der Waals surface area (Å²) in [7, 11) is 0. The third-order valence-corrected chi connectivity index (χ3v) is 12.7. The quantitative estimate of drug-likeness (QED) is 0.105. The Morgan fingerprint density at radius 3 is 0.774 bits per heavy atom. The van der Waals surface area contributed by atoms with Crippen molar-refractivity contribution in [3.8, 4) is 44.5 Å². The van der Waals surface area contributed by atoms with Crippen LogP contribution >= 0.6 is 63.7 Å². The van der Waals surface area contributed by atoms with E-state index < -0.39 is 80.4 Å². The fraction of sp³-hybridized carbons (Fsp3) is 0. The highest BCUT2D eigenvalue weighted by Crippen LogP contribution is 2.45. The zero-order valence-electron chi connectivity index (χ0n) is 30.3. The van der Waals surface area contributed by atoms with Crippen LogP contribution in [0.2, 0.25) is 0 Å². The third kappa shape index (κ3) is 6.59. The summed E-state index contributed by atoms with van der Waals surface area (Å²) in [6, 6.07) is 15.5. The molecule has 62 heavy (non-hydrogen) atoms. The van der Waals surface area contributed by atoms with Crippen molar-refractivity contribution in [2.45, 2.75) is 0 Å². The van der Waals surface area contributed by atoms with E-state index in [1.54, 1.807) is 36.4 Å². The molecule has 18 heteroatoms. The van der Waals surface area contributed by atoms with Crippen molar-refractivity contribution in [2.75, 3.05) is 0 Å². The van der Waals surface area contributed by atoms with Crippen molar-refractivity contribution in [2.24, 2.45) is 0 Å². The molecule has 0 unspecified atom stereocenters. The summed E-state index contributed by atoms with van der Waals surface area (Å²) in [6.45, 7) is 0. The van der Waals surface area contributed by atoms with Crippen molar-refractivity contribution in [1.29, 1.82) is 0 Å². The van der Waals surface area contributed by atoms with Gasteiger partial charge >= 0.3 is 0 Å². The molecule has 2 aliphatic rings. The largest absolute Gasteiger partial charge is 0.354 e. The molecule has 0 fully saturated rings. The summed E-state index contributed by atoms with van der Waals surface area (Å²) in [4.78, 5) is 15.5. The van der Waals surface area contributed by atoms with Gasteiger partial charge in [0, 0.05) is 73.3 Å². The summed E-state index contributed by atoms with van der Waals surface area (Å²) < 4.78 is 155. The molecule has 8 bridgehead atoms. The van der Waals surface area contributed by atoms with Crippen LogP contribution in [0.4, 0.5) is 43.9 Å². The van der Waals surface area contributed by atoms with Crippen molar-refractivity contribution in [3.05, 3.63) is 160 Å². The first-order valence-corrected chi connectivity index (χ1v) is 20.8. The van der Waals surface area contributed by atoms with Crippen LogP contribution in [0.5, 0.6) is 0 Å². The molecule has 0 atom stereocenters. The average molecular weight is 1110 g/mol. The molecule has 0 saturated carbocycles. The Labute approximate surface area is 375 Å². The van der Waals surface area contributed by atoms with Gasteiger partial charge in [-0.15, -0.1) is 0 Å². The fourth-order valence-corrected chi connectivity index (χ4v) is 10.2. The van der Waals surface area contributed by atoms with Gasteiger partial charge in [-0.1, -0.05) is 75.9 Å². The van der Waals surface area contributed by atoms with E-state index >= 15 is 35.1 Å². The lowest BCUT2D eigenvalue weighted by Crippen LogP contribution is -2.05. The third-order valence-electron chi connectivity index (χ3n) is 10.1. The van der Waals surface area contributed by atoms with Gasteiger partial charge in [-0.25, -0.2) is 53.9 Å². The highest BCUT2D eigenvalue weighted by atomic mass is 79.9. The van der Waals surface area contributed by atoms with E-state index in [-0.39, 0.29) is 56.0 Å². The molecule has 0 spiro atoms. The zero-order valence-corrected chi connectivity index (χ0v) is 36.6. The summed E-state index contributed by atoms with van der Waals surface area (Å²) in [5, 5.41) is 0. The minimum absolute atomic E-state index is 0.0390. The van der Waals surface area contributed by atoms with Gasteiger partial charge in [0.15, 0.2) is 46.5 Å². The van der Waals surface area contributed by atoms with Gasteiger partial charge in [0.2, 0.25) is 11.6 Å². The van der Waals surface area contributed by atoms with Crippen molar-refractivity contribution in [3.63, 3.8) is 0 Å². The molecule has 2 N–H and O–H groups in total. The molecule has 0 aliphatic carbocycles. The summed E-state index contributed by atoms with van der Waals surface area (Å²) >= 11 is 14.1. The lowest BCUT2D eigenvalue weighted by Gasteiger charge is -2.12. The van der Waals surface area contributed by atoms with Gasteiger partial charge in [0.25, 0.3) is 0 Å². The van der Waals surface area contributed by atoms with E-state index in [1.165, 1.54) is 48.6 Å². The van der Waals surface area contributed by atoms with Gasteiger partial charge in [0.05, 0.1) is 33.9 Å². The first-order valence-electron chi connectivity index (χ1n) is 17.7. The maximum Gasteiger partial charge on any atom is 0.200 e. The van der Waals surface area contributed by atoms with Crippen LogP contribution in [0.15, 0.2) is 78.6 Å². The summed E-state index contributed by atoms with van der Waals surface area (Å²) in [5.41, 5.74) is -3.00. The number of nitrogens with zero attached hydrogens (tertiary/aromatic N) is 2. The Balaban J connectivity index is 1.57. The molecule has 4 nitrogen and oxygen atoms in total. The van der Waals surface area contributed by atoms with Gasteiger partial charge in [-0.3, -0.25) is 0 Å². The number of hydrogen-bond donors (Lipinski definition) is 2. The lowest BCUT2D eigenvalue weighted by atomic mass is 10.0. The van der Waals surface area contributed by atoms with E-state index in [9.17, 15) is 8.78 Å². The highest BCUT2D eigenvalue weighted by molar-refractivity contribution is 9.11. The highest BCUT2D eigenvalue weighted by Gasteiger charge is 2.32. The predicted molar refractivity (Wildman–Crippen MR) is 231 cm³/mol. The van der Waals surface area contributed by atoms with Crippen LogP contribution < -0.4 is 0 Å². The average Bonchev–Trinajstić information content (AvgIpc) is 4.10. The van der Waals surface area contributed by atoms with Crippen LogP contribution in [0.1, 0.15) is 22.8 Å². The topological polar surface area (TPSA) is 57.4 Å². The van der Waals surface area contributed by atoms with Crippen LogP contribution in [-0.4, -0.2) is 19.9 Å². The van der Waals surface area contributed by atoms with Crippen molar-refractivity contribution < 1.29 is 43.9 Å². The Hall–Kier alpha value is -5.30. The van der Waals surface area contributed by atoms with Crippen LogP contribution in [0.25, 0.3) is 90.9 Å². The number of rotatable bonds is 4. The van der Waals surface area contributed by atoms with Crippen molar-refractivity contribution in [1.82, 2.24) is 19.9 Å². The van der Waals surface area contributed by atoms with Gasteiger partial charge in [-0.05, 0) is 72.8 Å². The second kappa shape index (κ2) is 15.8. The molecule has 5 heterocycles. The number of halogens is 14. The minimum Gasteiger partial charge on any atom is -0.354 e. The second-order valence-electron chi connectivity index (χ2n) is 13.6. The van der Waals surface area contributed by atoms with E-state index in [2.05, 4.69) is 73.7 Å². The lowest BCUT2D eigenvalue weighted by molar-refractivity contribution is 0.381. The maximum atomic E-state index is 15.9. The monoisotopic (exact) mass is 1110 g/mol. The number of hydrogen-bond acceptors (Lipinski definition) is 2. The van der Waals surface area contributed by atoms with Crippen molar-refractivity contribution >= 4 is 110 Å². The molecule has 0 saturated heterocycles. The molecular weight excluding hydrogens is 1090 g/mol. The number of nitrogens with one attached hydrogen (secondary N) is 2. The zero-order chi connectivity index (χ0) is 44.0. The Kier molecular flexibility index (Phi) is 10.7. The fourth-order valence-electron chi connectivity index (χ4n) is 7.38. The molecule has 3 aromatic heterocycles. The molecule has 310 valence electrons.